The molecule has 0 aliphatic carbocycles. The normalized spacial score (nSPS) is 14.0. The maximum atomic E-state index is 12.8. The fourth-order valence-electron chi connectivity index (χ4n) is 4.25. The van der Waals surface area contributed by atoms with Crippen LogP contribution in [0.5, 0.6) is 11.5 Å². The average molecular weight is 527 g/mol. The predicted octanol–water partition coefficient (Wildman–Crippen LogP) is 5.77. The molecule has 3 rings (SSSR count). The molecule has 36 heavy (non-hydrogen) atoms. The van der Waals surface area contributed by atoms with E-state index in [1.165, 1.54) is 18.2 Å². The Labute approximate surface area is 210 Å². The van der Waals surface area contributed by atoms with Crippen molar-refractivity contribution in [1.29, 1.82) is 0 Å². The summed E-state index contributed by atoms with van der Waals surface area (Å²) in [6.07, 6.45) is -1.93. The topological polar surface area (TPSA) is 95.7 Å². The minimum atomic E-state index is -4.77. The summed E-state index contributed by atoms with van der Waals surface area (Å²) in [6, 6.07) is 9.03. The summed E-state index contributed by atoms with van der Waals surface area (Å²) in [7, 11) is -4.04. The van der Waals surface area contributed by atoms with Crippen LogP contribution in [-0.2, 0) is 22.9 Å². The summed E-state index contributed by atoms with van der Waals surface area (Å²) in [5, 5.41) is 5.31. The van der Waals surface area contributed by atoms with Gasteiger partial charge in [-0.05, 0) is 59.9 Å². The number of primary sulfonamides is 1. The second kappa shape index (κ2) is 10.8. The third-order valence-corrected chi connectivity index (χ3v) is 7.09. The zero-order valence-electron chi connectivity index (χ0n) is 20.6. The number of Topliss-reactive ketones (excluding diaryl/α,β-unsaturated/α-hetero) is 1. The maximum absolute atomic E-state index is 12.8. The molecular weight excluding hydrogens is 495 g/mol. The van der Waals surface area contributed by atoms with Crippen LogP contribution in [0.25, 0.3) is 0 Å². The first-order valence-corrected chi connectivity index (χ1v) is 13.2. The number of sulfonamides is 1. The van der Waals surface area contributed by atoms with E-state index in [0.29, 0.717) is 49.8 Å². The molecule has 10 heteroatoms. The number of ketones is 1. The van der Waals surface area contributed by atoms with E-state index < -0.39 is 16.4 Å². The van der Waals surface area contributed by atoms with Gasteiger partial charge in [0.25, 0.3) is 0 Å². The number of rotatable bonds is 10. The number of unbranched alkanes of at least 4 members (excludes halogenated alkanes) is 1. The van der Waals surface area contributed by atoms with Crippen LogP contribution in [-0.4, -0.2) is 27.2 Å². The molecule has 0 amide bonds. The second-order valence-corrected chi connectivity index (χ2v) is 11.5. The van der Waals surface area contributed by atoms with Gasteiger partial charge in [0.15, 0.2) is 5.78 Å². The summed E-state index contributed by atoms with van der Waals surface area (Å²) in [4.78, 5) is 12.7. The highest BCUT2D eigenvalue weighted by molar-refractivity contribution is 7.89. The Bertz CT molecular complexity index is 1200. The number of ether oxygens (including phenoxy) is 2. The quantitative estimate of drug-likeness (QED) is 0.313. The lowest BCUT2D eigenvalue weighted by Crippen LogP contribution is -2.22. The average Bonchev–Trinajstić information content (AvgIpc) is 3.22. The van der Waals surface area contributed by atoms with Gasteiger partial charge in [0, 0.05) is 18.4 Å². The number of carbonyl (C=O) groups excluding carboxylic acids is 1. The number of fused-ring (bicyclic) bond motifs is 1. The predicted molar refractivity (Wildman–Crippen MR) is 129 cm³/mol. The largest absolute Gasteiger partial charge is 0.573 e. The number of alkyl halides is 3. The molecule has 6 nitrogen and oxygen atoms in total. The van der Waals surface area contributed by atoms with Crippen molar-refractivity contribution in [3.63, 3.8) is 0 Å². The van der Waals surface area contributed by atoms with Crippen molar-refractivity contribution in [3.05, 3.63) is 59.0 Å². The van der Waals surface area contributed by atoms with Crippen LogP contribution in [0.15, 0.2) is 41.3 Å². The molecule has 2 aromatic rings. The van der Waals surface area contributed by atoms with E-state index in [2.05, 4.69) is 4.74 Å². The molecule has 0 atom stereocenters. The number of carbonyl (C=O) groups is 1. The number of hydrogen-bond donors (Lipinski definition) is 1. The SMILES string of the molecule is CC(C)(C)[C](CCCCC(=O)c1cc2c(c(S(N)(=O)=O)c1)OCC2)Cc1ccccc1OC(F)(F)F. The Morgan fingerprint density at radius 1 is 1.08 bits per heavy atom. The van der Waals surface area contributed by atoms with Crippen molar-refractivity contribution in [2.75, 3.05) is 6.61 Å². The van der Waals surface area contributed by atoms with E-state index in [-0.39, 0.29) is 39.6 Å². The minimum Gasteiger partial charge on any atom is -0.492 e. The first kappa shape index (κ1) is 28.0. The van der Waals surface area contributed by atoms with E-state index in [9.17, 15) is 26.4 Å². The molecule has 1 aliphatic rings. The lowest BCUT2D eigenvalue weighted by molar-refractivity contribution is -0.274. The molecule has 1 heterocycles. The summed E-state index contributed by atoms with van der Waals surface area (Å²) in [5.41, 5.74) is 1.11. The lowest BCUT2D eigenvalue weighted by atomic mass is 9.74. The van der Waals surface area contributed by atoms with Crippen molar-refractivity contribution in [3.8, 4) is 11.5 Å². The third kappa shape index (κ3) is 7.46. The molecule has 2 aromatic carbocycles. The Morgan fingerprint density at radius 2 is 1.75 bits per heavy atom. The number of nitrogens with two attached hydrogens (primary N) is 1. The molecule has 0 saturated carbocycles. The first-order chi connectivity index (χ1) is 16.6. The molecule has 2 N–H and O–H groups in total. The Kier molecular flexibility index (Phi) is 8.40. The Balaban J connectivity index is 1.64. The van der Waals surface area contributed by atoms with E-state index >= 15 is 0 Å². The molecule has 1 aliphatic heterocycles. The van der Waals surface area contributed by atoms with Crippen LogP contribution in [0.2, 0.25) is 0 Å². The van der Waals surface area contributed by atoms with Gasteiger partial charge in [0.05, 0.1) is 6.61 Å². The molecule has 0 bridgehead atoms. The Morgan fingerprint density at radius 3 is 2.39 bits per heavy atom. The number of halogens is 3. The van der Waals surface area contributed by atoms with Crippen LogP contribution >= 0.6 is 0 Å². The molecule has 0 unspecified atom stereocenters. The molecule has 0 aromatic heterocycles. The zero-order valence-corrected chi connectivity index (χ0v) is 21.4. The highest BCUT2D eigenvalue weighted by atomic mass is 32.2. The van der Waals surface area contributed by atoms with Crippen LogP contribution in [0.1, 0.15) is 67.9 Å². The monoisotopic (exact) mass is 526 g/mol. The second-order valence-electron chi connectivity index (χ2n) is 9.92. The smallest absolute Gasteiger partial charge is 0.492 e. The molecule has 0 fully saturated rings. The van der Waals surface area contributed by atoms with Gasteiger partial charge < -0.3 is 9.47 Å². The van der Waals surface area contributed by atoms with Crippen molar-refractivity contribution >= 4 is 15.8 Å². The number of para-hydroxylation sites is 1. The highest BCUT2D eigenvalue weighted by Crippen LogP contribution is 2.38. The number of hydrogen-bond acceptors (Lipinski definition) is 5. The van der Waals surface area contributed by atoms with Crippen LogP contribution in [0, 0.1) is 11.3 Å². The Hall–Kier alpha value is -2.59. The van der Waals surface area contributed by atoms with E-state index in [4.69, 9.17) is 9.88 Å². The van der Waals surface area contributed by atoms with Crippen molar-refractivity contribution in [2.24, 2.45) is 10.6 Å². The van der Waals surface area contributed by atoms with Crippen LogP contribution in [0.3, 0.4) is 0 Å². The third-order valence-electron chi connectivity index (χ3n) is 6.17. The number of benzene rings is 2. The van der Waals surface area contributed by atoms with Crippen molar-refractivity contribution in [1.82, 2.24) is 0 Å². The fraction of sp³-hybridized carbons (Fsp3) is 0.462. The van der Waals surface area contributed by atoms with Gasteiger partial charge in [-0.15, -0.1) is 13.2 Å². The van der Waals surface area contributed by atoms with Gasteiger partial charge in [0.1, 0.15) is 16.4 Å². The van der Waals surface area contributed by atoms with Gasteiger partial charge in [0.2, 0.25) is 10.0 Å². The minimum absolute atomic E-state index is 0.177. The lowest BCUT2D eigenvalue weighted by Gasteiger charge is -2.31. The van der Waals surface area contributed by atoms with Gasteiger partial charge >= 0.3 is 6.36 Å². The highest BCUT2D eigenvalue weighted by Gasteiger charge is 2.33. The van der Waals surface area contributed by atoms with Crippen LogP contribution in [0.4, 0.5) is 13.2 Å². The first-order valence-electron chi connectivity index (χ1n) is 11.7. The zero-order chi connectivity index (χ0) is 26.7. The molecule has 0 saturated heterocycles. The van der Waals surface area contributed by atoms with Crippen molar-refractivity contribution < 1.29 is 35.9 Å². The summed E-state index contributed by atoms with van der Waals surface area (Å²) < 4.78 is 71.9. The maximum Gasteiger partial charge on any atom is 0.573 e. The molecular formula is C26H31F3NO5S. The molecule has 197 valence electrons. The standard InChI is InChI=1S/C26H31F3NO5S/c1-25(2,3)20(15-17-8-4-7-11-22(17)35-26(27,28)29)9-5-6-10-21(31)19-14-18-12-13-34-24(18)23(16-19)36(30,32)33/h4,7-8,11,14,16H,5-6,9-10,12-13,15H2,1-3H3,(H2,30,32,33). The molecule has 0 spiro atoms. The van der Waals surface area contributed by atoms with E-state index in [1.807, 2.05) is 20.8 Å². The van der Waals surface area contributed by atoms with Gasteiger partial charge in [-0.25, -0.2) is 13.6 Å². The van der Waals surface area contributed by atoms with Gasteiger partial charge in [-0.3, -0.25) is 4.79 Å². The van der Waals surface area contributed by atoms with Crippen LogP contribution < -0.4 is 14.6 Å². The summed E-state index contributed by atoms with van der Waals surface area (Å²) in [6.45, 7) is 6.34. The van der Waals surface area contributed by atoms with Gasteiger partial charge in [-0.1, -0.05) is 45.4 Å². The van der Waals surface area contributed by atoms with E-state index in [0.717, 1.165) is 5.92 Å². The van der Waals surface area contributed by atoms with Crippen molar-refractivity contribution in [2.45, 2.75) is 70.6 Å². The summed E-state index contributed by atoms with van der Waals surface area (Å²) in [5.74, 6) is 0.844. The van der Waals surface area contributed by atoms with E-state index in [1.54, 1.807) is 18.2 Å². The molecule has 1 radical (unpaired) electrons. The van der Waals surface area contributed by atoms with Gasteiger partial charge in [-0.2, -0.15) is 0 Å². The fourth-order valence-corrected chi connectivity index (χ4v) is 4.99. The summed E-state index contributed by atoms with van der Waals surface area (Å²) >= 11 is 0.